The van der Waals surface area contributed by atoms with Gasteiger partial charge < -0.3 is 14.5 Å². The van der Waals surface area contributed by atoms with Gasteiger partial charge in [0.2, 0.25) is 0 Å². The van der Waals surface area contributed by atoms with Crippen LogP contribution in [0.2, 0.25) is 0 Å². The average Bonchev–Trinajstić information content (AvgIpc) is 3.00. The second-order valence-electron chi connectivity index (χ2n) is 3.96. The van der Waals surface area contributed by atoms with Crippen molar-refractivity contribution in [3.05, 3.63) is 54.0 Å². The summed E-state index contributed by atoms with van der Waals surface area (Å²) in [6.07, 6.45) is 1.43. The van der Waals surface area contributed by atoms with Crippen LogP contribution >= 0.6 is 12.2 Å². The molecule has 0 spiro atoms. The van der Waals surface area contributed by atoms with Crippen molar-refractivity contribution in [1.82, 2.24) is 10.6 Å². The fraction of sp³-hybridized carbons (Fsp3) is 0.143. The molecule has 0 aliphatic carbocycles. The molecule has 1 aromatic carbocycles. The maximum absolute atomic E-state index is 11.7. The maximum Gasteiger partial charge on any atom is 0.293 e. The van der Waals surface area contributed by atoms with E-state index in [2.05, 4.69) is 10.6 Å². The van der Waals surface area contributed by atoms with Gasteiger partial charge in [0.25, 0.3) is 5.91 Å². The number of hydrogen-bond donors (Lipinski definition) is 2. The second-order valence-corrected chi connectivity index (χ2v) is 4.37. The Morgan fingerprint density at radius 1 is 1.30 bits per heavy atom. The third kappa shape index (κ3) is 3.83. The Labute approximate surface area is 121 Å². The van der Waals surface area contributed by atoms with Crippen molar-refractivity contribution in [3.63, 3.8) is 0 Å². The summed E-state index contributed by atoms with van der Waals surface area (Å²) in [6, 6.07) is 10.8. The van der Waals surface area contributed by atoms with Crippen LogP contribution in [0.15, 0.2) is 47.1 Å². The monoisotopic (exact) mass is 290 g/mol. The summed E-state index contributed by atoms with van der Waals surface area (Å²) in [5.74, 6) is 0.642. The fourth-order valence-corrected chi connectivity index (χ4v) is 1.71. The van der Waals surface area contributed by atoms with Crippen LogP contribution < -0.4 is 15.4 Å². The molecule has 0 atom stereocenters. The number of ether oxygens (including phenoxy) is 1. The van der Waals surface area contributed by atoms with E-state index < -0.39 is 0 Å². The number of amides is 1. The third-order valence-electron chi connectivity index (χ3n) is 2.58. The maximum atomic E-state index is 11.7. The number of furan rings is 1. The van der Waals surface area contributed by atoms with Gasteiger partial charge in [-0.05, 0) is 42.0 Å². The molecule has 1 amide bonds. The van der Waals surface area contributed by atoms with Crippen LogP contribution in [0, 0.1) is 0 Å². The van der Waals surface area contributed by atoms with E-state index in [1.807, 2.05) is 24.3 Å². The first kappa shape index (κ1) is 14.1. The average molecular weight is 290 g/mol. The molecule has 0 aliphatic heterocycles. The quantitative estimate of drug-likeness (QED) is 0.844. The van der Waals surface area contributed by atoms with Gasteiger partial charge >= 0.3 is 0 Å². The topological polar surface area (TPSA) is 63.5 Å². The van der Waals surface area contributed by atoms with Crippen LogP contribution in [0.1, 0.15) is 16.1 Å². The van der Waals surface area contributed by atoms with E-state index in [-0.39, 0.29) is 16.8 Å². The highest BCUT2D eigenvalue weighted by Gasteiger charge is 2.09. The van der Waals surface area contributed by atoms with Crippen molar-refractivity contribution in [1.29, 1.82) is 0 Å². The van der Waals surface area contributed by atoms with Crippen LogP contribution in [0.4, 0.5) is 0 Å². The van der Waals surface area contributed by atoms with Gasteiger partial charge in [0.1, 0.15) is 5.75 Å². The molecule has 0 saturated carbocycles. The van der Waals surface area contributed by atoms with Crippen molar-refractivity contribution in [2.24, 2.45) is 0 Å². The molecule has 0 aliphatic rings. The number of methoxy groups -OCH3 is 1. The molecule has 0 fully saturated rings. The Bertz CT molecular complexity index is 579. The minimum Gasteiger partial charge on any atom is -0.497 e. The molecule has 0 saturated heterocycles. The molecular weight excluding hydrogens is 276 g/mol. The predicted molar refractivity (Wildman–Crippen MR) is 78.6 cm³/mol. The summed E-state index contributed by atoms with van der Waals surface area (Å²) in [5.41, 5.74) is 1.03. The molecule has 0 bridgehead atoms. The van der Waals surface area contributed by atoms with Gasteiger partial charge in [-0.1, -0.05) is 12.1 Å². The minimum absolute atomic E-state index is 0.221. The zero-order valence-corrected chi connectivity index (χ0v) is 11.7. The number of nitrogens with one attached hydrogen (secondary N) is 2. The number of benzene rings is 1. The molecule has 5 nitrogen and oxygen atoms in total. The van der Waals surface area contributed by atoms with E-state index in [1.54, 1.807) is 19.2 Å². The molecule has 2 aromatic rings. The van der Waals surface area contributed by atoms with E-state index >= 15 is 0 Å². The standard InChI is InChI=1S/C14H14N2O3S/c1-18-11-6-4-10(5-7-11)9-15-14(20)16-13(17)12-3-2-8-19-12/h2-8H,9H2,1H3,(H2,15,16,17,20). The Morgan fingerprint density at radius 3 is 2.65 bits per heavy atom. The van der Waals surface area contributed by atoms with Gasteiger partial charge in [-0.3, -0.25) is 10.1 Å². The SMILES string of the molecule is COc1ccc(CNC(=S)NC(=O)c2ccco2)cc1. The van der Waals surface area contributed by atoms with Gasteiger partial charge in [-0.15, -0.1) is 0 Å². The number of carbonyl (C=O) groups is 1. The van der Waals surface area contributed by atoms with E-state index in [0.717, 1.165) is 11.3 Å². The van der Waals surface area contributed by atoms with Gasteiger partial charge in [0.15, 0.2) is 10.9 Å². The first-order chi connectivity index (χ1) is 9.69. The molecule has 1 aromatic heterocycles. The van der Waals surface area contributed by atoms with Crippen molar-refractivity contribution in [3.8, 4) is 5.75 Å². The zero-order valence-electron chi connectivity index (χ0n) is 10.9. The lowest BCUT2D eigenvalue weighted by Crippen LogP contribution is -2.38. The Morgan fingerprint density at radius 2 is 2.05 bits per heavy atom. The first-order valence-electron chi connectivity index (χ1n) is 5.94. The van der Waals surface area contributed by atoms with Gasteiger partial charge in [-0.2, -0.15) is 0 Å². The Hall–Kier alpha value is -2.34. The third-order valence-corrected chi connectivity index (χ3v) is 2.83. The van der Waals surface area contributed by atoms with Gasteiger partial charge in [0.05, 0.1) is 13.4 Å². The van der Waals surface area contributed by atoms with Gasteiger partial charge in [-0.25, -0.2) is 0 Å². The Balaban J connectivity index is 1.81. The zero-order chi connectivity index (χ0) is 14.4. The van der Waals surface area contributed by atoms with Crippen molar-refractivity contribution >= 4 is 23.2 Å². The molecule has 1 heterocycles. The Kier molecular flexibility index (Phi) is 4.73. The van der Waals surface area contributed by atoms with Gasteiger partial charge in [0, 0.05) is 6.54 Å². The highest BCUT2D eigenvalue weighted by molar-refractivity contribution is 7.80. The highest BCUT2D eigenvalue weighted by atomic mass is 32.1. The lowest BCUT2D eigenvalue weighted by atomic mass is 10.2. The van der Waals surface area contributed by atoms with Crippen LogP contribution in [-0.4, -0.2) is 18.1 Å². The van der Waals surface area contributed by atoms with Crippen molar-refractivity contribution in [2.45, 2.75) is 6.54 Å². The normalized spacial score (nSPS) is 9.85. The summed E-state index contributed by atoms with van der Waals surface area (Å²) in [5, 5.41) is 5.74. The number of hydrogen-bond acceptors (Lipinski definition) is 4. The van der Waals surface area contributed by atoms with Crippen LogP contribution in [-0.2, 0) is 6.54 Å². The van der Waals surface area contributed by atoms with Crippen LogP contribution in [0.5, 0.6) is 5.75 Å². The number of thiocarbonyl (C=S) groups is 1. The summed E-state index contributed by atoms with van der Waals surface area (Å²) >= 11 is 5.04. The lowest BCUT2D eigenvalue weighted by Gasteiger charge is -2.09. The van der Waals surface area contributed by atoms with E-state index in [9.17, 15) is 4.79 Å². The minimum atomic E-state index is -0.373. The predicted octanol–water partition coefficient (Wildman–Crippen LogP) is 2.09. The summed E-state index contributed by atoms with van der Waals surface area (Å²) in [7, 11) is 1.62. The summed E-state index contributed by atoms with van der Waals surface area (Å²) in [6.45, 7) is 0.515. The molecule has 2 N–H and O–H groups in total. The van der Waals surface area contributed by atoms with E-state index in [4.69, 9.17) is 21.4 Å². The first-order valence-corrected chi connectivity index (χ1v) is 6.35. The lowest BCUT2D eigenvalue weighted by molar-refractivity contribution is 0.0949. The fourth-order valence-electron chi connectivity index (χ4n) is 1.54. The molecule has 6 heteroatoms. The second kappa shape index (κ2) is 6.72. The smallest absolute Gasteiger partial charge is 0.293 e. The molecule has 104 valence electrons. The van der Waals surface area contributed by atoms with Crippen LogP contribution in [0.3, 0.4) is 0 Å². The van der Waals surface area contributed by atoms with Crippen molar-refractivity contribution in [2.75, 3.05) is 7.11 Å². The van der Waals surface area contributed by atoms with Crippen molar-refractivity contribution < 1.29 is 13.9 Å². The van der Waals surface area contributed by atoms with Crippen LogP contribution in [0.25, 0.3) is 0 Å². The van der Waals surface area contributed by atoms with E-state index in [0.29, 0.717) is 6.54 Å². The summed E-state index contributed by atoms with van der Waals surface area (Å²) in [4.78, 5) is 11.7. The molecule has 2 rings (SSSR count). The summed E-state index contributed by atoms with van der Waals surface area (Å²) < 4.78 is 10.0. The largest absolute Gasteiger partial charge is 0.497 e. The molecule has 0 radical (unpaired) electrons. The molecular formula is C14H14N2O3S. The number of rotatable bonds is 4. The molecule has 0 unspecified atom stereocenters. The molecule has 20 heavy (non-hydrogen) atoms. The van der Waals surface area contributed by atoms with E-state index in [1.165, 1.54) is 6.26 Å². The number of carbonyl (C=O) groups excluding carboxylic acids is 1. The highest BCUT2D eigenvalue weighted by Crippen LogP contribution is 2.10.